The smallest absolute Gasteiger partial charge is 0.294 e. The first-order valence-corrected chi connectivity index (χ1v) is 12.3. The molecular weight excluding hydrogens is 440 g/mol. The fourth-order valence-electron chi connectivity index (χ4n) is 3.93. The van der Waals surface area contributed by atoms with Gasteiger partial charge in [0, 0.05) is 18.7 Å². The third-order valence-electron chi connectivity index (χ3n) is 5.71. The van der Waals surface area contributed by atoms with E-state index in [2.05, 4.69) is 13.5 Å². The quantitative estimate of drug-likeness (QED) is 0.389. The zero-order chi connectivity index (χ0) is 24.0. The Balaban J connectivity index is 1.81. The highest BCUT2D eigenvalue weighted by atomic mass is 32.2. The first-order chi connectivity index (χ1) is 15.9. The van der Waals surface area contributed by atoms with Gasteiger partial charge in [-0.25, -0.2) is 0 Å². The number of imide groups is 1. The van der Waals surface area contributed by atoms with Gasteiger partial charge in [-0.1, -0.05) is 13.0 Å². The number of thioether (sulfide) groups is 1. The molecule has 0 aliphatic carbocycles. The Morgan fingerprint density at radius 1 is 1.18 bits per heavy atom. The normalized spacial score (nSPS) is 18.2. The van der Waals surface area contributed by atoms with E-state index in [0.29, 0.717) is 50.1 Å². The number of hydrogen-bond acceptors (Lipinski definition) is 6. The van der Waals surface area contributed by atoms with Gasteiger partial charge in [0.25, 0.3) is 11.1 Å². The van der Waals surface area contributed by atoms with E-state index in [-0.39, 0.29) is 17.4 Å². The fourth-order valence-corrected chi connectivity index (χ4v) is 4.76. The molecule has 2 saturated heterocycles. The SMILES string of the molecule is C=CCc1cc(/C=C2/SC(=O)N(CC(=O)N3CCC(C)CC3)C2=O)cc(OCC)c1OCC. The maximum absolute atomic E-state index is 13.0. The molecule has 0 N–H and O–H groups in total. The predicted molar refractivity (Wildman–Crippen MR) is 130 cm³/mol. The Kier molecular flexibility index (Phi) is 8.61. The number of rotatable bonds is 9. The topological polar surface area (TPSA) is 76.2 Å². The molecule has 3 rings (SSSR count). The predicted octanol–water partition coefficient (Wildman–Crippen LogP) is 4.51. The van der Waals surface area contributed by atoms with Crippen molar-refractivity contribution in [3.8, 4) is 11.5 Å². The highest BCUT2D eigenvalue weighted by Crippen LogP contribution is 2.37. The number of amides is 3. The molecule has 0 atom stereocenters. The van der Waals surface area contributed by atoms with Crippen molar-refractivity contribution in [1.29, 1.82) is 0 Å². The lowest BCUT2D eigenvalue weighted by Gasteiger charge is -2.31. The maximum Gasteiger partial charge on any atom is 0.294 e. The molecule has 2 fully saturated rings. The lowest BCUT2D eigenvalue weighted by Crippen LogP contribution is -2.45. The van der Waals surface area contributed by atoms with Crippen LogP contribution in [0.25, 0.3) is 6.08 Å². The number of carbonyl (C=O) groups is 3. The van der Waals surface area contributed by atoms with Gasteiger partial charge in [0.05, 0.1) is 18.1 Å². The van der Waals surface area contributed by atoms with Gasteiger partial charge in [-0.3, -0.25) is 19.3 Å². The van der Waals surface area contributed by atoms with Crippen LogP contribution in [0.4, 0.5) is 4.79 Å². The van der Waals surface area contributed by atoms with E-state index >= 15 is 0 Å². The fraction of sp³-hybridized carbons (Fsp3) is 0.480. The van der Waals surface area contributed by atoms with E-state index < -0.39 is 11.1 Å². The summed E-state index contributed by atoms with van der Waals surface area (Å²) in [5.74, 6) is 1.21. The average molecular weight is 473 g/mol. The zero-order valence-electron chi connectivity index (χ0n) is 19.6. The van der Waals surface area contributed by atoms with Gasteiger partial charge in [0.1, 0.15) is 6.54 Å². The van der Waals surface area contributed by atoms with Crippen molar-refractivity contribution in [3.05, 3.63) is 40.8 Å². The molecule has 2 heterocycles. The molecule has 0 radical (unpaired) electrons. The number of likely N-dealkylation sites (tertiary alicyclic amines) is 1. The minimum atomic E-state index is -0.444. The lowest BCUT2D eigenvalue weighted by atomic mass is 9.99. The molecule has 0 aromatic heterocycles. The van der Waals surface area contributed by atoms with Gasteiger partial charge in [-0.05, 0) is 74.6 Å². The Labute approximate surface area is 199 Å². The number of hydrogen-bond donors (Lipinski definition) is 0. The van der Waals surface area contributed by atoms with Crippen molar-refractivity contribution in [2.45, 2.75) is 40.0 Å². The van der Waals surface area contributed by atoms with Crippen LogP contribution in [-0.2, 0) is 16.0 Å². The van der Waals surface area contributed by atoms with Gasteiger partial charge in [-0.15, -0.1) is 6.58 Å². The van der Waals surface area contributed by atoms with Crippen LogP contribution in [0.2, 0.25) is 0 Å². The molecule has 2 aliphatic heterocycles. The van der Waals surface area contributed by atoms with Crippen molar-refractivity contribution in [2.24, 2.45) is 5.92 Å². The third-order valence-corrected chi connectivity index (χ3v) is 6.62. The second kappa shape index (κ2) is 11.4. The lowest BCUT2D eigenvalue weighted by molar-refractivity contribution is -0.136. The number of allylic oxidation sites excluding steroid dienone is 1. The van der Waals surface area contributed by atoms with Crippen LogP contribution in [0.1, 0.15) is 44.7 Å². The molecule has 178 valence electrons. The monoisotopic (exact) mass is 472 g/mol. The van der Waals surface area contributed by atoms with Crippen LogP contribution in [0.5, 0.6) is 11.5 Å². The molecule has 0 unspecified atom stereocenters. The first-order valence-electron chi connectivity index (χ1n) is 11.4. The van der Waals surface area contributed by atoms with Gasteiger partial charge in [-0.2, -0.15) is 0 Å². The molecule has 1 aromatic carbocycles. The average Bonchev–Trinajstić information content (AvgIpc) is 3.04. The van der Waals surface area contributed by atoms with E-state index in [9.17, 15) is 14.4 Å². The Morgan fingerprint density at radius 3 is 2.52 bits per heavy atom. The number of benzene rings is 1. The number of nitrogens with zero attached hydrogens (tertiary/aromatic N) is 2. The van der Waals surface area contributed by atoms with Crippen LogP contribution in [-0.4, -0.2) is 59.7 Å². The summed E-state index contributed by atoms with van der Waals surface area (Å²) in [5.41, 5.74) is 1.61. The maximum atomic E-state index is 13.0. The summed E-state index contributed by atoms with van der Waals surface area (Å²) in [5, 5.41) is -0.424. The highest BCUT2D eigenvalue weighted by molar-refractivity contribution is 8.18. The van der Waals surface area contributed by atoms with Crippen molar-refractivity contribution < 1.29 is 23.9 Å². The van der Waals surface area contributed by atoms with Crippen LogP contribution >= 0.6 is 11.8 Å². The molecular formula is C25H32N2O5S. The number of piperidine rings is 1. The molecule has 0 bridgehead atoms. The largest absolute Gasteiger partial charge is 0.490 e. The molecule has 0 saturated carbocycles. The van der Waals surface area contributed by atoms with E-state index in [0.717, 1.165) is 40.6 Å². The summed E-state index contributed by atoms with van der Waals surface area (Å²) < 4.78 is 11.6. The molecule has 7 nitrogen and oxygen atoms in total. The minimum Gasteiger partial charge on any atom is -0.490 e. The highest BCUT2D eigenvalue weighted by Gasteiger charge is 2.37. The van der Waals surface area contributed by atoms with Crippen molar-refractivity contribution in [2.75, 3.05) is 32.8 Å². The first kappa shape index (κ1) is 24.9. The van der Waals surface area contributed by atoms with E-state index in [4.69, 9.17) is 9.47 Å². The number of carbonyl (C=O) groups excluding carboxylic acids is 3. The minimum absolute atomic E-state index is 0.182. The summed E-state index contributed by atoms with van der Waals surface area (Å²) in [4.78, 5) is 41.2. The van der Waals surface area contributed by atoms with Crippen molar-refractivity contribution in [3.63, 3.8) is 0 Å². The molecule has 3 amide bonds. The van der Waals surface area contributed by atoms with E-state index in [1.54, 1.807) is 23.1 Å². The van der Waals surface area contributed by atoms with Crippen LogP contribution < -0.4 is 9.47 Å². The second-order valence-electron chi connectivity index (χ2n) is 8.20. The molecule has 33 heavy (non-hydrogen) atoms. The molecule has 8 heteroatoms. The second-order valence-corrected chi connectivity index (χ2v) is 9.19. The van der Waals surface area contributed by atoms with Crippen molar-refractivity contribution >= 4 is 34.9 Å². The van der Waals surface area contributed by atoms with Gasteiger partial charge < -0.3 is 14.4 Å². The van der Waals surface area contributed by atoms with E-state index in [1.165, 1.54) is 0 Å². The van der Waals surface area contributed by atoms with E-state index in [1.807, 2.05) is 19.9 Å². The molecule has 1 aromatic rings. The summed E-state index contributed by atoms with van der Waals surface area (Å²) in [6.07, 6.45) is 5.91. The summed E-state index contributed by atoms with van der Waals surface area (Å²) in [7, 11) is 0. The summed E-state index contributed by atoms with van der Waals surface area (Å²) >= 11 is 0.854. The Bertz CT molecular complexity index is 950. The Hall–Kier alpha value is -2.74. The van der Waals surface area contributed by atoms with Crippen LogP contribution in [0, 0.1) is 5.92 Å². The third kappa shape index (κ3) is 5.99. The summed E-state index contributed by atoms with van der Waals surface area (Å²) in [6.45, 7) is 11.9. The Morgan fingerprint density at radius 2 is 1.88 bits per heavy atom. The summed E-state index contributed by atoms with van der Waals surface area (Å²) in [6, 6.07) is 3.71. The van der Waals surface area contributed by atoms with Gasteiger partial charge >= 0.3 is 0 Å². The van der Waals surface area contributed by atoms with Gasteiger partial charge in [0.2, 0.25) is 5.91 Å². The molecule has 2 aliphatic rings. The molecule has 0 spiro atoms. The van der Waals surface area contributed by atoms with Gasteiger partial charge in [0.15, 0.2) is 11.5 Å². The standard InChI is InChI=1S/C25H32N2O5S/c1-5-8-19-13-18(14-20(31-6-2)23(19)32-7-3)15-21-24(29)27(25(30)33-21)16-22(28)26-11-9-17(4)10-12-26/h5,13-15,17H,1,6-12,16H2,2-4H3/b21-15+. The van der Waals surface area contributed by atoms with Crippen molar-refractivity contribution in [1.82, 2.24) is 9.80 Å². The zero-order valence-corrected chi connectivity index (χ0v) is 20.4. The number of ether oxygens (including phenoxy) is 2. The van der Waals surface area contributed by atoms with Crippen LogP contribution in [0.3, 0.4) is 0 Å². The van der Waals surface area contributed by atoms with Crippen LogP contribution in [0.15, 0.2) is 29.7 Å².